The second-order valence-corrected chi connectivity index (χ2v) is 5.45. The minimum Gasteiger partial charge on any atom is -0.497 e. The SMILES string of the molecule is COc1ccc(CNCc2cnc3cnc(Br)cn23)cc1. The fourth-order valence-corrected chi connectivity index (χ4v) is 2.43. The summed E-state index contributed by atoms with van der Waals surface area (Å²) in [5.41, 5.74) is 3.16. The van der Waals surface area contributed by atoms with Gasteiger partial charge in [-0.05, 0) is 33.6 Å². The van der Waals surface area contributed by atoms with Crippen molar-refractivity contribution >= 4 is 21.6 Å². The number of hydrogen-bond acceptors (Lipinski definition) is 4. The van der Waals surface area contributed by atoms with Crippen molar-refractivity contribution in [1.82, 2.24) is 19.7 Å². The third-order valence-corrected chi connectivity index (χ3v) is 3.64. The maximum Gasteiger partial charge on any atom is 0.155 e. The monoisotopic (exact) mass is 346 g/mol. The predicted octanol–water partition coefficient (Wildman–Crippen LogP) is 2.79. The van der Waals surface area contributed by atoms with E-state index in [2.05, 4.69) is 43.3 Å². The van der Waals surface area contributed by atoms with E-state index in [1.165, 1.54) is 5.56 Å². The van der Waals surface area contributed by atoms with Crippen LogP contribution in [0, 0.1) is 0 Å². The summed E-state index contributed by atoms with van der Waals surface area (Å²) >= 11 is 3.38. The van der Waals surface area contributed by atoms with E-state index in [9.17, 15) is 0 Å². The van der Waals surface area contributed by atoms with Crippen LogP contribution in [0.3, 0.4) is 0 Å². The number of rotatable bonds is 5. The molecule has 1 N–H and O–H groups in total. The van der Waals surface area contributed by atoms with Gasteiger partial charge in [-0.2, -0.15) is 0 Å². The number of nitrogens with one attached hydrogen (secondary N) is 1. The lowest BCUT2D eigenvalue weighted by atomic mass is 10.2. The number of methoxy groups -OCH3 is 1. The first-order valence-electron chi connectivity index (χ1n) is 6.57. The zero-order valence-electron chi connectivity index (χ0n) is 11.6. The molecule has 5 nitrogen and oxygen atoms in total. The zero-order chi connectivity index (χ0) is 14.7. The molecule has 2 aromatic heterocycles. The van der Waals surface area contributed by atoms with Crippen molar-refractivity contribution in [1.29, 1.82) is 0 Å². The van der Waals surface area contributed by atoms with Crippen molar-refractivity contribution in [2.75, 3.05) is 7.11 Å². The second kappa shape index (κ2) is 6.24. The van der Waals surface area contributed by atoms with Crippen molar-refractivity contribution in [3.8, 4) is 5.75 Å². The summed E-state index contributed by atoms with van der Waals surface area (Å²) in [6, 6.07) is 8.05. The van der Waals surface area contributed by atoms with Gasteiger partial charge in [0, 0.05) is 19.3 Å². The Balaban J connectivity index is 1.64. The molecule has 0 aliphatic heterocycles. The molecule has 108 valence electrons. The molecule has 0 atom stereocenters. The summed E-state index contributed by atoms with van der Waals surface area (Å²) in [5, 5.41) is 3.42. The Labute approximate surface area is 131 Å². The smallest absolute Gasteiger partial charge is 0.155 e. The van der Waals surface area contributed by atoms with E-state index in [1.807, 2.05) is 28.9 Å². The summed E-state index contributed by atoms with van der Waals surface area (Å²) < 4.78 is 7.97. The van der Waals surface area contributed by atoms with Gasteiger partial charge in [0.2, 0.25) is 0 Å². The summed E-state index contributed by atoms with van der Waals surface area (Å²) in [6.07, 6.45) is 5.54. The van der Waals surface area contributed by atoms with Gasteiger partial charge in [0.25, 0.3) is 0 Å². The first-order chi connectivity index (χ1) is 10.3. The van der Waals surface area contributed by atoms with Crippen LogP contribution < -0.4 is 10.1 Å². The average Bonchev–Trinajstić information content (AvgIpc) is 2.90. The molecule has 0 amide bonds. The van der Waals surface area contributed by atoms with Crippen LogP contribution >= 0.6 is 15.9 Å². The molecule has 0 radical (unpaired) electrons. The molecule has 0 fully saturated rings. The number of aromatic nitrogens is 3. The molecule has 0 aliphatic carbocycles. The first kappa shape index (κ1) is 14.0. The predicted molar refractivity (Wildman–Crippen MR) is 84.2 cm³/mol. The Bertz CT molecular complexity index is 739. The van der Waals surface area contributed by atoms with Gasteiger partial charge in [0.1, 0.15) is 10.4 Å². The molecule has 3 rings (SSSR count). The fraction of sp³-hybridized carbons (Fsp3) is 0.200. The Kier molecular flexibility index (Phi) is 4.17. The molecule has 21 heavy (non-hydrogen) atoms. The molecule has 0 bridgehead atoms. The Morgan fingerprint density at radius 2 is 1.95 bits per heavy atom. The molecule has 3 aromatic rings. The van der Waals surface area contributed by atoms with E-state index in [1.54, 1.807) is 13.3 Å². The van der Waals surface area contributed by atoms with Crippen molar-refractivity contribution in [3.63, 3.8) is 0 Å². The Morgan fingerprint density at radius 1 is 1.14 bits per heavy atom. The molecule has 0 unspecified atom stereocenters. The van der Waals surface area contributed by atoms with Crippen LogP contribution in [0.25, 0.3) is 5.65 Å². The van der Waals surface area contributed by atoms with Gasteiger partial charge < -0.3 is 10.1 Å². The number of halogens is 1. The molecular formula is C15H15BrN4O. The van der Waals surface area contributed by atoms with Gasteiger partial charge in [0.15, 0.2) is 5.65 Å². The molecule has 0 aliphatic rings. The molecule has 2 heterocycles. The standard InChI is InChI=1S/C15H15BrN4O/c1-21-13-4-2-11(3-5-13)6-17-7-12-8-19-15-9-18-14(16)10-20(12)15/h2-5,8-10,17H,6-7H2,1H3. The van der Waals surface area contributed by atoms with Gasteiger partial charge in [-0.25, -0.2) is 9.97 Å². The van der Waals surface area contributed by atoms with Crippen molar-refractivity contribution in [3.05, 3.63) is 58.7 Å². The van der Waals surface area contributed by atoms with Crippen molar-refractivity contribution in [2.24, 2.45) is 0 Å². The van der Waals surface area contributed by atoms with E-state index in [0.29, 0.717) is 0 Å². The molecule has 6 heteroatoms. The summed E-state index contributed by atoms with van der Waals surface area (Å²) in [6.45, 7) is 1.53. The summed E-state index contributed by atoms with van der Waals surface area (Å²) in [7, 11) is 1.67. The summed E-state index contributed by atoms with van der Waals surface area (Å²) in [4.78, 5) is 8.50. The zero-order valence-corrected chi connectivity index (χ0v) is 13.2. The van der Waals surface area contributed by atoms with Gasteiger partial charge in [-0.3, -0.25) is 4.40 Å². The molecule has 0 spiro atoms. The number of fused-ring (bicyclic) bond motifs is 1. The third-order valence-electron chi connectivity index (χ3n) is 3.24. The number of ether oxygens (including phenoxy) is 1. The molecule has 0 saturated heterocycles. The minimum absolute atomic E-state index is 0.740. The highest BCUT2D eigenvalue weighted by atomic mass is 79.9. The number of benzene rings is 1. The summed E-state index contributed by atoms with van der Waals surface area (Å²) in [5.74, 6) is 0.873. The third kappa shape index (κ3) is 3.22. The van der Waals surface area contributed by atoms with Crippen molar-refractivity contribution in [2.45, 2.75) is 13.1 Å². The lowest BCUT2D eigenvalue weighted by Gasteiger charge is -2.06. The maximum atomic E-state index is 5.15. The first-order valence-corrected chi connectivity index (χ1v) is 7.36. The van der Waals surface area contributed by atoms with Crippen LogP contribution in [0.4, 0.5) is 0 Å². The van der Waals surface area contributed by atoms with Crippen LogP contribution in [0.1, 0.15) is 11.3 Å². The van der Waals surface area contributed by atoms with Gasteiger partial charge >= 0.3 is 0 Å². The molecular weight excluding hydrogens is 332 g/mol. The van der Waals surface area contributed by atoms with Crippen LogP contribution in [0.15, 0.2) is 47.5 Å². The lowest BCUT2D eigenvalue weighted by Crippen LogP contribution is -2.14. The highest BCUT2D eigenvalue weighted by Crippen LogP contribution is 2.12. The second-order valence-electron chi connectivity index (χ2n) is 4.64. The van der Waals surface area contributed by atoms with Crippen molar-refractivity contribution < 1.29 is 4.74 Å². The quantitative estimate of drug-likeness (QED) is 0.771. The topological polar surface area (TPSA) is 51.5 Å². The van der Waals surface area contributed by atoms with E-state index in [4.69, 9.17) is 4.74 Å². The highest BCUT2D eigenvalue weighted by Gasteiger charge is 2.04. The number of imidazole rings is 1. The van der Waals surface area contributed by atoms with Gasteiger partial charge in [-0.1, -0.05) is 12.1 Å². The Morgan fingerprint density at radius 3 is 2.71 bits per heavy atom. The lowest BCUT2D eigenvalue weighted by molar-refractivity contribution is 0.414. The largest absolute Gasteiger partial charge is 0.497 e. The fourth-order valence-electron chi connectivity index (χ4n) is 2.13. The molecule has 1 aromatic carbocycles. The average molecular weight is 347 g/mol. The number of nitrogens with zero attached hydrogens (tertiary/aromatic N) is 3. The van der Waals surface area contributed by atoms with E-state index < -0.39 is 0 Å². The van der Waals surface area contributed by atoms with E-state index in [-0.39, 0.29) is 0 Å². The highest BCUT2D eigenvalue weighted by molar-refractivity contribution is 9.10. The Hall–Kier alpha value is -1.92. The molecule has 0 saturated carbocycles. The van der Waals surface area contributed by atoms with Gasteiger partial charge in [0.05, 0.1) is 25.2 Å². The minimum atomic E-state index is 0.740. The van der Waals surface area contributed by atoms with Crippen LogP contribution in [-0.2, 0) is 13.1 Å². The van der Waals surface area contributed by atoms with E-state index in [0.717, 1.165) is 34.8 Å². The normalized spacial score (nSPS) is 11.0. The van der Waals surface area contributed by atoms with E-state index >= 15 is 0 Å². The van der Waals surface area contributed by atoms with Crippen LogP contribution in [0.5, 0.6) is 5.75 Å². The van der Waals surface area contributed by atoms with Crippen LogP contribution in [0.2, 0.25) is 0 Å². The van der Waals surface area contributed by atoms with Crippen LogP contribution in [-0.4, -0.2) is 21.5 Å². The van der Waals surface area contributed by atoms with Gasteiger partial charge in [-0.15, -0.1) is 0 Å². The maximum absolute atomic E-state index is 5.15. The number of hydrogen-bond donors (Lipinski definition) is 1.